The zero-order valence-corrected chi connectivity index (χ0v) is 5.44. The minimum Gasteiger partial charge on any atom is -1.00 e. The van der Waals surface area contributed by atoms with Crippen LogP contribution in [0.5, 0.6) is 0 Å². The number of halogens is 1. The Labute approximate surface area is 55.2 Å². The molecule has 0 unspecified atom stereocenters. The van der Waals surface area contributed by atoms with E-state index in [1.54, 1.807) is 0 Å². The Morgan fingerprint density at radius 1 is 1.25 bits per heavy atom. The summed E-state index contributed by atoms with van der Waals surface area (Å²) in [6, 6.07) is 4.06. The number of nitrogens with one attached hydrogen (secondary N) is 1. The summed E-state index contributed by atoms with van der Waals surface area (Å²) in [4.78, 5) is 2.93. The van der Waals surface area contributed by atoms with Gasteiger partial charge in [0.2, 0.25) is 0 Å². The zero-order valence-electron chi connectivity index (χ0n) is 4.69. The third-order valence-electron chi connectivity index (χ3n) is 0.885. The van der Waals surface area contributed by atoms with Crippen LogP contribution in [0, 0.1) is 6.92 Å². The predicted octanol–water partition coefficient (Wildman–Crippen LogP) is -2.19. The molecule has 0 fully saturated rings. The maximum Gasteiger partial charge on any atom is 0.167 e. The second kappa shape index (κ2) is 3.44. The minimum absolute atomic E-state index is 0. The first kappa shape index (κ1) is 7.44. The molecule has 2 heteroatoms. The van der Waals surface area contributed by atoms with Crippen molar-refractivity contribution in [2.45, 2.75) is 6.92 Å². The average molecular weight is 130 g/mol. The van der Waals surface area contributed by atoms with Crippen LogP contribution in [0.3, 0.4) is 0 Å². The summed E-state index contributed by atoms with van der Waals surface area (Å²) >= 11 is 0. The molecule has 0 radical (unpaired) electrons. The van der Waals surface area contributed by atoms with Gasteiger partial charge in [0, 0.05) is 12.1 Å². The topological polar surface area (TPSA) is 14.1 Å². The quantitative estimate of drug-likeness (QED) is 0.378. The molecule has 0 atom stereocenters. The van der Waals surface area contributed by atoms with Gasteiger partial charge in [0.1, 0.15) is 0 Å². The molecular weight excluding hydrogens is 122 g/mol. The van der Waals surface area contributed by atoms with Crippen molar-refractivity contribution in [2.75, 3.05) is 0 Å². The Kier molecular flexibility index (Phi) is 3.20. The van der Waals surface area contributed by atoms with Crippen molar-refractivity contribution in [3.8, 4) is 0 Å². The van der Waals surface area contributed by atoms with Crippen molar-refractivity contribution in [1.82, 2.24) is 0 Å². The lowest BCUT2D eigenvalue weighted by molar-refractivity contribution is -0.378. The molecule has 1 aromatic heterocycles. The van der Waals surface area contributed by atoms with Crippen LogP contribution in [-0.4, -0.2) is 0 Å². The van der Waals surface area contributed by atoms with Gasteiger partial charge in [0.25, 0.3) is 0 Å². The molecule has 1 heterocycles. The first-order valence-corrected chi connectivity index (χ1v) is 2.32. The average Bonchev–Trinajstić information content (AvgIpc) is 1.69. The van der Waals surface area contributed by atoms with Gasteiger partial charge in [-0.2, -0.15) is 0 Å². The Morgan fingerprint density at radius 2 is 1.75 bits per heavy atom. The normalized spacial score (nSPS) is 7.62. The summed E-state index contributed by atoms with van der Waals surface area (Å²) in [5.41, 5.74) is 1.29. The Hall–Kier alpha value is -0.560. The van der Waals surface area contributed by atoms with E-state index in [0.29, 0.717) is 0 Å². The van der Waals surface area contributed by atoms with Crippen molar-refractivity contribution in [2.24, 2.45) is 0 Å². The first-order chi connectivity index (χ1) is 3.39. The summed E-state index contributed by atoms with van der Waals surface area (Å²) in [6.45, 7) is 2.06. The number of H-pyrrole nitrogens is 1. The molecule has 0 aliphatic heterocycles. The van der Waals surface area contributed by atoms with E-state index in [0.717, 1.165) is 0 Å². The monoisotopic (exact) mass is 129 g/mol. The van der Waals surface area contributed by atoms with Gasteiger partial charge in [-0.3, -0.25) is 0 Å². The second-order valence-corrected chi connectivity index (χ2v) is 1.58. The molecule has 44 valence electrons. The Balaban J connectivity index is 0.000000490. The van der Waals surface area contributed by atoms with E-state index >= 15 is 0 Å². The highest BCUT2D eigenvalue weighted by atomic mass is 35.5. The van der Waals surface area contributed by atoms with Crippen LogP contribution >= 0.6 is 0 Å². The largest absolute Gasteiger partial charge is 1.00 e. The molecule has 0 bridgehead atoms. The van der Waals surface area contributed by atoms with Gasteiger partial charge in [-0.15, -0.1) is 0 Å². The van der Waals surface area contributed by atoms with Crippen LogP contribution in [0.25, 0.3) is 0 Å². The number of hydrogen-bond acceptors (Lipinski definition) is 0. The number of hydrogen-bond donors (Lipinski definition) is 0. The lowest BCUT2D eigenvalue weighted by Crippen LogP contribution is -3.00. The van der Waals surface area contributed by atoms with Crippen molar-refractivity contribution in [3.63, 3.8) is 0 Å². The highest BCUT2D eigenvalue weighted by molar-refractivity contribution is 5.02. The fourth-order valence-electron chi connectivity index (χ4n) is 0.470. The van der Waals surface area contributed by atoms with Gasteiger partial charge in [0.05, 0.1) is 0 Å². The Bertz CT molecular complexity index is 138. The van der Waals surface area contributed by atoms with Gasteiger partial charge in [-0.1, -0.05) is 0 Å². The van der Waals surface area contributed by atoms with Crippen molar-refractivity contribution < 1.29 is 17.4 Å². The van der Waals surface area contributed by atoms with Crippen molar-refractivity contribution >= 4 is 0 Å². The van der Waals surface area contributed by atoms with E-state index in [1.807, 2.05) is 24.5 Å². The molecule has 0 amide bonds. The predicted molar refractivity (Wildman–Crippen MR) is 27.7 cm³/mol. The van der Waals surface area contributed by atoms with Gasteiger partial charge < -0.3 is 12.4 Å². The van der Waals surface area contributed by atoms with Crippen LogP contribution < -0.4 is 17.4 Å². The van der Waals surface area contributed by atoms with Crippen LogP contribution in [0.2, 0.25) is 0 Å². The lowest BCUT2D eigenvalue weighted by Gasteiger charge is -1.77. The molecule has 8 heavy (non-hydrogen) atoms. The Morgan fingerprint density at radius 3 is 2.00 bits per heavy atom. The second-order valence-electron chi connectivity index (χ2n) is 1.58. The highest BCUT2D eigenvalue weighted by Gasteiger charge is 1.78. The summed E-state index contributed by atoms with van der Waals surface area (Å²) < 4.78 is 0. The lowest BCUT2D eigenvalue weighted by atomic mass is 10.3. The number of pyridine rings is 1. The van der Waals surface area contributed by atoms with E-state index in [4.69, 9.17) is 0 Å². The molecule has 1 nitrogen and oxygen atoms in total. The molecule has 0 spiro atoms. The zero-order chi connectivity index (χ0) is 5.11. The number of rotatable bonds is 0. The van der Waals surface area contributed by atoms with Gasteiger partial charge in [-0.05, 0) is 12.5 Å². The molecule has 1 aromatic rings. The summed E-state index contributed by atoms with van der Waals surface area (Å²) in [6.07, 6.45) is 3.82. The summed E-state index contributed by atoms with van der Waals surface area (Å²) in [5.74, 6) is 0. The molecule has 1 rings (SSSR count). The van der Waals surface area contributed by atoms with Crippen LogP contribution in [0.1, 0.15) is 5.56 Å². The van der Waals surface area contributed by atoms with Crippen molar-refractivity contribution in [1.29, 1.82) is 0 Å². The fourth-order valence-corrected chi connectivity index (χ4v) is 0.470. The van der Waals surface area contributed by atoms with Crippen LogP contribution in [0.15, 0.2) is 24.5 Å². The summed E-state index contributed by atoms with van der Waals surface area (Å²) in [5, 5.41) is 0. The van der Waals surface area contributed by atoms with Gasteiger partial charge in [0.15, 0.2) is 12.4 Å². The molecule has 0 saturated carbocycles. The standard InChI is InChI=1S/C6H7N.ClH/c1-6-2-4-7-5-3-6;/h2-5H,1H3;1H. The fraction of sp³-hybridized carbons (Fsp3) is 0.167. The number of aromatic nitrogens is 1. The molecule has 1 N–H and O–H groups in total. The highest BCUT2D eigenvalue weighted by Crippen LogP contribution is 1.86. The molecular formula is C6H8ClN. The molecule has 0 saturated heterocycles. The SMILES string of the molecule is Cc1cc[nH+]cc1.[Cl-]. The van der Waals surface area contributed by atoms with Crippen LogP contribution in [-0.2, 0) is 0 Å². The summed E-state index contributed by atoms with van der Waals surface area (Å²) in [7, 11) is 0. The molecule has 0 aliphatic rings. The van der Waals surface area contributed by atoms with E-state index in [1.165, 1.54) is 5.56 Å². The van der Waals surface area contributed by atoms with Gasteiger partial charge in [-0.25, -0.2) is 4.98 Å². The first-order valence-electron chi connectivity index (χ1n) is 2.32. The maximum absolute atomic E-state index is 2.93. The third-order valence-corrected chi connectivity index (χ3v) is 0.885. The van der Waals surface area contributed by atoms with E-state index < -0.39 is 0 Å². The maximum atomic E-state index is 2.93. The molecule has 0 aliphatic carbocycles. The number of aromatic amines is 1. The van der Waals surface area contributed by atoms with E-state index in [9.17, 15) is 0 Å². The van der Waals surface area contributed by atoms with Gasteiger partial charge >= 0.3 is 0 Å². The minimum atomic E-state index is 0. The number of aryl methyl sites for hydroxylation is 1. The van der Waals surface area contributed by atoms with E-state index in [-0.39, 0.29) is 12.4 Å². The van der Waals surface area contributed by atoms with Crippen molar-refractivity contribution in [3.05, 3.63) is 30.1 Å². The third kappa shape index (κ3) is 1.94. The smallest absolute Gasteiger partial charge is 0.167 e. The molecule has 0 aromatic carbocycles. The van der Waals surface area contributed by atoms with E-state index in [2.05, 4.69) is 11.9 Å². The van der Waals surface area contributed by atoms with Crippen LogP contribution in [0.4, 0.5) is 0 Å².